The molecule has 3 heterocycles. The van der Waals surface area contributed by atoms with Crippen LogP contribution < -0.4 is 9.47 Å². The van der Waals surface area contributed by atoms with Crippen molar-refractivity contribution in [2.75, 3.05) is 26.0 Å². The molecule has 0 saturated heterocycles. The zero-order chi connectivity index (χ0) is 22.6. The van der Waals surface area contributed by atoms with Gasteiger partial charge in [0.2, 0.25) is 5.91 Å². The number of ether oxygens (including phenoxy) is 2. The van der Waals surface area contributed by atoms with Crippen molar-refractivity contribution in [2.45, 2.75) is 11.7 Å². The normalized spacial score (nSPS) is 12.5. The van der Waals surface area contributed by atoms with Gasteiger partial charge < -0.3 is 14.4 Å². The maximum Gasteiger partial charge on any atom is 0.233 e. The Hall–Kier alpha value is -3.30. The van der Waals surface area contributed by atoms with Gasteiger partial charge >= 0.3 is 0 Å². The second-order valence-electron chi connectivity index (χ2n) is 7.47. The maximum atomic E-state index is 12.9. The number of rotatable bonds is 7. The number of carbonyl (C=O) groups is 1. The molecule has 9 heteroatoms. The van der Waals surface area contributed by atoms with Gasteiger partial charge in [0.05, 0.1) is 10.6 Å². The fraction of sp³-hybridized carbons (Fsp3) is 0.208. The van der Waals surface area contributed by atoms with Crippen LogP contribution in [0.5, 0.6) is 11.5 Å². The highest BCUT2D eigenvalue weighted by Gasteiger charge is 2.19. The minimum Gasteiger partial charge on any atom is -0.486 e. The van der Waals surface area contributed by atoms with Crippen molar-refractivity contribution < 1.29 is 14.3 Å². The Balaban J connectivity index is 1.29. The van der Waals surface area contributed by atoms with Crippen LogP contribution in [0.2, 0.25) is 0 Å². The van der Waals surface area contributed by atoms with E-state index in [1.165, 1.54) is 11.8 Å². The largest absolute Gasteiger partial charge is 0.486 e. The molecule has 1 aliphatic heterocycles. The predicted octanol–water partition coefficient (Wildman–Crippen LogP) is 4.52. The van der Waals surface area contributed by atoms with Crippen molar-refractivity contribution in [1.29, 1.82) is 0 Å². The molecule has 0 radical (unpaired) electrons. The van der Waals surface area contributed by atoms with Gasteiger partial charge in [-0.3, -0.25) is 9.36 Å². The molecule has 0 bridgehead atoms. The minimum atomic E-state index is 0.00942. The summed E-state index contributed by atoms with van der Waals surface area (Å²) in [6.45, 7) is 1.59. The molecule has 2 aromatic heterocycles. The van der Waals surface area contributed by atoms with E-state index in [-0.39, 0.29) is 11.7 Å². The summed E-state index contributed by atoms with van der Waals surface area (Å²) >= 11 is 3.00. The number of thioether (sulfide) groups is 1. The average Bonchev–Trinajstić information content (AvgIpc) is 3.53. The molecule has 33 heavy (non-hydrogen) atoms. The molecule has 2 aromatic carbocycles. The van der Waals surface area contributed by atoms with Gasteiger partial charge in [0.15, 0.2) is 22.5 Å². The van der Waals surface area contributed by atoms with Crippen molar-refractivity contribution in [1.82, 2.24) is 19.7 Å². The van der Waals surface area contributed by atoms with Crippen molar-refractivity contribution in [3.05, 3.63) is 71.6 Å². The SMILES string of the molecule is CN(Cc1ccc2c(c1)OCCO2)C(=O)CSc1nnc(-c2cccs2)n1-c1ccccc1. The number of hydrogen-bond acceptors (Lipinski definition) is 7. The Kier molecular flexibility index (Phi) is 6.32. The Morgan fingerprint density at radius 2 is 1.88 bits per heavy atom. The van der Waals surface area contributed by atoms with Crippen LogP contribution in [-0.2, 0) is 11.3 Å². The summed E-state index contributed by atoms with van der Waals surface area (Å²) in [4.78, 5) is 15.6. The Labute approximate surface area is 200 Å². The fourth-order valence-electron chi connectivity index (χ4n) is 3.52. The molecule has 0 atom stereocenters. The van der Waals surface area contributed by atoms with E-state index in [1.54, 1.807) is 23.3 Å². The van der Waals surface area contributed by atoms with Gasteiger partial charge in [-0.1, -0.05) is 42.1 Å². The maximum absolute atomic E-state index is 12.9. The number of thiophene rings is 1. The number of para-hydroxylation sites is 1. The summed E-state index contributed by atoms with van der Waals surface area (Å²) < 4.78 is 13.2. The topological polar surface area (TPSA) is 69.5 Å². The van der Waals surface area contributed by atoms with Crippen LogP contribution in [0, 0.1) is 0 Å². The third kappa shape index (κ3) is 4.74. The number of benzene rings is 2. The molecular formula is C24H22N4O3S2. The number of nitrogens with zero attached hydrogens (tertiary/aromatic N) is 4. The number of carbonyl (C=O) groups excluding carboxylic acids is 1. The van der Waals surface area contributed by atoms with E-state index in [0.717, 1.165) is 33.5 Å². The zero-order valence-corrected chi connectivity index (χ0v) is 19.6. The standard InChI is InChI=1S/C24H22N4O3S2/c1-27(15-17-9-10-19-20(14-17)31-12-11-30-19)22(29)16-33-24-26-25-23(21-8-5-13-32-21)28(24)18-6-3-2-4-7-18/h2-10,13-14H,11-12,15-16H2,1H3. The average molecular weight is 479 g/mol. The molecule has 0 fully saturated rings. The lowest BCUT2D eigenvalue weighted by molar-refractivity contribution is -0.127. The first kappa shape index (κ1) is 21.5. The molecule has 0 spiro atoms. The molecule has 1 amide bonds. The quantitative estimate of drug-likeness (QED) is 0.364. The van der Waals surface area contributed by atoms with Crippen molar-refractivity contribution >= 4 is 29.0 Å². The number of fused-ring (bicyclic) bond motifs is 1. The van der Waals surface area contributed by atoms with Crippen LogP contribution in [0.1, 0.15) is 5.56 Å². The van der Waals surface area contributed by atoms with Gasteiger partial charge in [0, 0.05) is 19.3 Å². The lowest BCUT2D eigenvalue weighted by Gasteiger charge is -2.21. The van der Waals surface area contributed by atoms with E-state index >= 15 is 0 Å². The Morgan fingerprint density at radius 1 is 1.06 bits per heavy atom. The zero-order valence-electron chi connectivity index (χ0n) is 18.0. The van der Waals surface area contributed by atoms with Crippen LogP contribution in [0.15, 0.2) is 71.2 Å². The first-order valence-corrected chi connectivity index (χ1v) is 12.4. The molecule has 0 saturated carbocycles. The van der Waals surface area contributed by atoms with Crippen LogP contribution in [-0.4, -0.2) is 51.6 Å². The molecule has 0 aliphatic carbocycles. The molecule has 5 rings (SSSR count). The molecule has 168 valence electrons. The highest BCUT2D eigenvalue weighted by Crippen LogP contribution is 2.32. The minimum absolute atomic E-state index is 0.00942. The molecular weight excluding hydrogens is 456 g/mol. The van der Waals surface area contributed by atoms with Gasteiger partial charge in [-0.25, -0.2) is 0 Å². The summed E-state index contributed by atoms with van der Waals surface area (Å²) in [6.07, 6.45) is 0. The molecule has 0 unspecified atom stereocenters. The summed E-state index contributed by atoms with van der Waals surface area (Å²) in [7, 11) is 1.80. The monoisotopic (exact) mass is 478 g/mol. The second kappa shape index (κ2) is 9.68. The van der Waals surface area contributed by atoms with Crippen molar-refractivity contribution in [3.63, 3.8) is 0 Å². The molecule has 7 nitrogen and oxygen atoms in total. The highest BCUT2D eigenvalue weighted by atomic mass is 32.2. The van der Waals surface area contributed by atoms with E-state index in [9.17, 15) is 4.79 Å². The number of hydrogen-bond donors (Lipinski definition) is 0. The Morgan fingerprint density at radius 3 is 2.67 bits per heavy atom. The summed E-state index contributed by atoms with van der Waals surface area (Å²) in [5.74, 6) is 2.52. The molecule has 4 aromatic rings. The highest BCUT2D eigenvalue weighted by molar-refractivity contribution is 7.99. The van der Waals surface area contributed by atoms with E-state index in [2.05, 4.69) is 10.2 Å². The van der Waals surface area contributed by atoms with Crippen LogP contribution in [0.3, 0.4) is 0 Å². The van der Waals surface area contributed by atoms with Gasteiger partial charge in [0.25, 0.3) is 0 Å². The first-order valence-electron chi connectivity index (χ1n) is 10.5. The predicted molar refractivity (Wildman–Crippen MR) is 129 cm³/mol. The lowest BCUT2D eigenvalue weighted by Crippen LogP contribution is -2.28. The molecule has 0 N–H and O–H groups in total. The summed E-state index contributed by atoms with van der Waals surface area (Å²) in [6, 6.07) is 19.8. The van der Waals surface area contributed by atoms with E-state index in [0.29, 0.717) is 24.9 Å². The number of aromatic nitrogens is 3. The van der Waals surface area contributed by atoms with Crippen molar-refractivity contribution in [2.24, 2.45) is 0 Å². The fourth-order valence-corrected chi connectivity index (χ4v) is 5.11. The molecule has 1 aliphatic rings. The van der Waals surface area contributed by atoms with Crippen LogP contribution in [0.25, 0.3) is 16.4 Å². The van der Waals surface area contributed by atoms with E-state index in [4.69, 9.17) is 9.47 Å². The second-order valence-corrected chi connectivity index (χ2v) is 9.36. The Bertz CT molecular complexity index is 1240. The third-order valence-corrected chi connectivity index (χ3v) is 6.95. The first-order chi connectivity index (χ1) is 16.2. The smallest absolute Gasteiger partial charge is 0.233 e. The van der Waals surface area contributed by atoms with Crippen molar-refractivity contribution in [3.8, 4) is 27.9 Å². The van der Waals surface area contributed by atoms with Gasteiger partial charge in [-0.05, 0) is 41.3 Å². The van der Waals surface area contributed by atoms with Gasteiger partial charge in [-0.2, -0.15) is 0 Å². The van der Waals surface area contributed by atoms with Gasteiger partial charge in [-0.15, -0.1) is 21.5 Å². The van der Waals surface area contributed by atoms with Crippen LogP contribution >= 0.6 is 23.1 Å². The van der Waals surface area contributed by atoms with Gasteiger partial charge in [0.1, 0.15) is 13.2 Å². The lowest BCUT2D eigenvalue weighted by atomic mass is 10.2. The van der Waals surface area contributed by atoms with E-state index in [1.807, 2.05) is 70.6 Å². The van der Waals surface area contributed by atoms with Crippen LogP contribution in [0.4, 0.5) is 0 Å². The summed E-state index contributed by atoms with van der Waals surface area (Å²) in [5, 5.41) is 11.5. The third-order valence-electron chi connectivity index (χ3n) is 5.17. The summed E-state index contributed by atoms with van der Waals surface area (Å²) in [5.41, 5.74) is 1.96. The van der Waals surface area contributed by atoms with E-state index < -0.39 is 0 Å². The number of amides is 1.